The zero-order valence-electron chi connectivity index (χ0n) is 12.6. The Morgan fingerprint density at radius 1 is 1.35 bits per heavy atom. The summed E-state index contributed by atoms with van der Waals surface area (Å²) >= 11 is 0. The minimum absolute atomic E-state index is 0.159. The molecule has 1 aromatic rings. The van der Waals surface area contributed by atoms with Crippen molar-refractivity contribution < 1.29 is 14.3 Å². The van der Waals surface area contributed by atoms with Gasteiger partial charge in [0, 0.05) is 0 Å². The standard InChI is InChI=1S/C16H23NO3/c1-6-7-14(17-15(18)20-16(2,3)4)12-8-10-13(19-5)11-9-12/h6,8-11,14H,1,7H2,2-5H3,(H,17,18)/t14-/m1/s1. The third-order valence-electron chi connectivity index (χ3n) is 2.61. The van der Waals surface area contributed by atoms with Gasteiger partial charge in [-0.2, -0.15) is 0 Å². The summed E-state index contributed by atoms with van der Waals surface area (Å²) in [5.74, 6) is 0.781. The first-order valence-electron chi connectivity index (χ1n) is 6.60. The van der Waals surface area contributed by atoms with Crippen LogP contribution in [0.25, 0.3) is 0 Å². The molecule has 1 atom stereocenters. The van der Waals surface area contributed by atoms with E-state index in [-0.39, 0.29) is 6.04 Å². The van der Waals surface area contributed by atoms with Crippen molar-refractivity contribution in [1.29, 1.82) is 0 Å². The maximum Gasteiger partial charge on any atom is 0.408 e. The van der Waals surface area contributed by atoms with Crippen molar-refractivity contribution >= 4 is 6.09 Å². The quantitative estimate of drug-likeness (QED) is 0.832. The Balaban J connectivity index is 2.77. The van der Waals surface area contributed by atoms with Crippen LogP contribution in [0.3, 0.4) is 0 Å². The molecule has 0 aliphatic carbocycles. The van der Waals surface area contributed by atoms with E-state index >= 15 is 0 Å². The van der Waals surface area contributed by atoms with Gasteiger partial charge in [-0.15, -0.1) is 6.58 Å². The summed E-state index contributed by atoms with van der Waals surface area (Å²) in [6.45, 7) is 9.23. The summed E-state index contributed by atoms with van der Waals surface area (Å²) in [7, 11) is 1.62. The zero-order chi connectivity index (χ0) is 15.2. The average Bonchev–Trinajstić information content (AvgIpc) is 2.36. The van der Waals surface area contributed by atoms with Crippen LogP contribution in [0.1, 0.15) is 38.8 Å². The number of carbonyl (C=O) groups is 1. The Morgan fingerprint density at radius 3 is 2.40 bits per heavy atom. The molecule has 1 amide bonds. The van der Waals surface area contributed by atoms with Crippen molar-refractivity contribution in [2.24, 2.45) is 0 Å². The SMILES string of the molecule is C=CC[C@@H](NC(=O)OC(C)(C)C)c1ccc(OC)cc1. The Bertz CT molecular complexity index is 446. The molecule has 4 nitrogen and oxygen atoms in total. The topological polar surface area (TPSA) is 47.6 Å². The number of hydrogen-bond donors (Lipinski definition) is 1. The maximum absolute atomic E-state index is 11.8. The predicted molar refractivity (Wildman–Crippen MR) is 79.9 cm³/mol. The van der Waals surface area contributed by atoms with E-state index in [4.69, 9.17) is 9.47 Å². The van der Waals surface area contributed by atoms with Crippen molar-refractivity contribution in [3.63, 3.8) is 0 Å². The van der Waals surface area contributed by atoms with Crippen LogP contribution in [0.4, 0.5) is 4.79 Å². The summed E-state index contributed by atoms with van der Waals surface area (Å²) in [6, 6.07) is 7.41. The van der Waals surface area contributed by atoms with Crippen molar-refractivity contribution in [2.45, 2.75) is 38.8 Å². The third kappa shape index (κ3) is 5.34. The molecule has 20 heavy (non-hydrogen) atoms. The van der Waals surface area contributed by atoms with Gasteiger partial charge in [0.25, 0.3) is 0 Å². The summed E-state index contributed by atoms with van der Waals surface area (Å²) in [5.41, 5.74) is 0.472. The molecule has 0 aromatic heterocycles. The van der Waals surface area contributed by atoms with Crippen molar-refractivity contribution in [2.75, 3.05) is 7.11 Å². The lowest BCUT2D eigenvalue weighted by Gasteiger charge is -2.23. The number of carbonyl (C=O) groups excluding carboxylic acids is 1. The van der Waals surface area contributed by atoms with Gasteiger partial charge in [0.05, 0.1) is 13.2 Å². The fourth-order valence-corrected chi connectivity index (χ4v) is 1.73. The van der Waals surface area contributed by atoms with Gasteiger partial charge < -0.3 is 14.8 Å². The first-order chi connectivity index (χ1) is 9.35. The smallest absolute Gasteiger partial charge is 0.408 e. The van der Waals surface area contributed by atoms with Gasteiger partial charge in [0.15, 0.2) is 0 Å². The maximum atomic E-state index is 11.8. The van der Waals surface area contributed by atoms with E-state index in [0.717, 1.165) is 11.3 Å². The third-order valence-corrected chi connectivity index (χ3v) is 2.61. The second kappa shape index (κ2) is 6.98. The van der Waals surface area contributed by atoms with Crippen LogP contribution < -0.4 is 10.1 Å². The van der Waals surface area contributed by atoms with Crippen LogP contribution in [0.5, 0.6) is 5.75 Å². The van der Waals surface area contributed by atoms with E-state index < -0.39 is 11.7 Å². The number of rotatable bonds is 5. The number of methoxy groups -OCH3 is 1. The summed E-state index contributed by atoms with van der Waals surface area (Å²) in [5, 5.41) is 2.86. The summed E-state index contributed by atoms with van der Waals surface area (Å²) < 4.78 is 10.4. The van der Waals surface area contributed by atoms with Gasteiger partial charge >= 0.3 is 6.09 Å². The highest BCUT2D eigenvalue weighted by Gasteiger charge is 2.19. The number of ether oxygens (including phenoxy) is 2. The van der Waals surface area contributed by atoms with Crippen LogP contribution in [0.15, 0.2) is 36.9 Å². The minimum Gasteiger partial charge on any atom is -0.497 e. The molecule has 1 aromatic carbocycles. The molecule has 0 aliphatic heterocycles. The lowest BCUT2D eigenvalue weighted by Crippen LogP contribution is -2.34. The molecule has 1 N–H and O–H groups in total. The van der Waals surface area contributed by atoms with Crippen molar-refractivity contribution in [3.05, 3.63) is 42.5 Å². The highest BCUT2D eigenvalue weighted by Crippen LogP contribution is 2.21. The fraction of sp³-hybridized carbons (Fsp3) is 0.438. The van der Waals surface area contributed by atoms with E-state index in [1.54, 1.807) is 13.2 Å². The van der Waals surface area contributed by atoms with E-state index in [1.807, 2.05) is 45.0 Å². The van der Waals surface area contributed by atoms with E-state index in [9.17, 15) is 4.79 Å². The summed E-state index contributed by atoms with van der Waals surface area (Å²) in [4.78, 5) is 11.8. The molecule has 0 unspecified atom stereocenters. The molecule has 1 rings (SSSR count). The highest BCUT2D eigenvalue weighted by atomic mass is 16.6. The largest absolute Gasteiger partial charge is 0.497 e. The van der Waals surface area contributed by atoms with E-state index in [2.05, 4.69) is 11.9 Å². The molecule has 0 radical (unpaired) electrons. The van der Waals surface area contributed by atoms with Gasteiger partial charge in [0.2, 0.25) is 0 Å². The summed E-state index contributed by atoms with van der Waals surface area (Å²) in [6.07, 6.45) is 1.97. The van der Waals surface area contributed by atoms with Crippen LogP contribution in [0, 0.1) is 0 Å². The van der Waals surface area contributed by atoms with E-state index in [1.165, 1.54) is 0 Å². The van der Waals surface area contributed by atoms with Crippen LogP contribution >= 0.6 is 0 Å². The van der Waals surface area contributed by atoms with E-state index in [0.29, 0.717) is 6.42 Å². The monoisotopic (exact) mass is 277 g/mol. The molecule has 0 saturated heterocycles. The number of amides is 1. The molecule has 0 saturated carbocycles. The van der Waals surface area contributed by atoms with Crippen molar-refractivity contribution in [3.8, 4) is 5.75 Å². The molecule has 0 spiro atoms. The zero-order valence-corrected chi connectivity index (χ0v) is 12.6. The minimum atomic E-state index is -0.511. The van der Waals surface area contributed by atoms with Gasteiger partial charge in [-0.1, -0.05) is 18.2 Å². The molecular formula is C16H23NO3. The molecule has 0 fully saturated rings. The number of alkyl carbamates (subject to hydrolysis) is 1. The Morgan fingerprint density at radius 2 is 1.95 bits per heavy atom. The van der Waals surface area contributed by atoms with Crippen LogP contribution in [-0.2, 0) is 4.74 Å². The molecule has 110 valence electrons. The number of hydrogen-bond acceptors (Lipinski definition) is 3. The fourth-order valence-electron chi connectivity index (χ4n) is 1.73. The molecule has 0 heterocycles. The number of nitrogens with one attached hydrogen (secondary N) is 1. The Kier molecular flexibility index (Phi) is 5.62. The second-order valence-electron chi connectivity index (χ2n) is 5.50. The first kappa shape index (κ1) is 16.1. The highest BCUT2D eigenvalue weighted by molar-refractivity contribution is 5.68. The molecule has 0 aliphatic rings. The van der Waals surface area contributed by atoms with Crippen LogP contribution in [-0.4, -0.2) is 18.8 Å². The molecule has 0 bridgehead atoms. The lowest BCUT2D eigenvalue weighted by molar-refractivity contribution is 0.0504. The number of benzene rings is 1. The van der Waals surface area contributed by atoms with Gasteiger partial charge in [-0.25, -0.2) is 4.79 Å². The van der Waals surface area contributed by atoms with Gasteiger partial charge in [-0.3, -0.25) is 0 Å². The first-order valence-corrected chi connectivity index (χ1v) is 6.60. The molecule has 4 heteroatoms. The van der Waals surface area contributed by atoms with Gasteiger partial charge in [0.1, 0.15) is 11.4 Å². The average molecular weight is 277 g/mol. The second-order valence-corrected chi connectivity index (χ2v) is 5.50. The predicted octanol–water partition coefficient (Wildman–Crippen LogP) is 3.84. The van der Waals surface area contributed by atoms with Crippen molar-refractivity contribution in [1.82, 2.24) is 5.32 Å². The Labute approximate surface area is 120 Å². The van der Waals surface area contributed by atoms with Gasteiger partial charge in [-0.05, 0) is 44.9 Å². The van der Waals surface area contributed by atoms with Crippen LogP contribution in [0.2, 0.25) is 0 Å². The lowest BCUT2D eigenvalue weighted by atomic mass is 10.0. The Hall–Kier alpha value is -1.97. The molecular weight excluding hydrogens is 254 g/mol. The normalized spacial score (nSPS) is 12.4.